The highest BCUT2D eigenvalue weighted by Gasteiger charge is 2.39. The van der Waals surface area contributed by atoms with Gasteiger partial charge in [-0.05, 0) is 77.7 Å². The number of ketones is 1. The third-order valence-electron chi connectivity index (χ3n) is 6.20. The lowest BCUT2D eigenvalue weighted by Crippen LogP contribution is -2.36. The summed E-state index contributed by atoms with van der Waals surface area (Å²) >= 11 is 14.4. The maximum Gasteiger partial charge on any atom is 0.174 e. The number of ether oxygens (including phenoxy) is 2. The summed E-state index contributed by atoms with van der Waals surface area (Å²) < 4.78 is 12.9. The Morgan fingerprint density at radius 2 is 1.97 bits per heavy atom. The van der Waals surface area contributed by atoms with Gasteiger partial charge in [0.2, 0.25) is 0 Å². The van der Waals surface area contributed by atoms with Crippen molar-refractivity contribution in [3.63, 3.8) is 0 Å². The molecule has 0 saturated heterocycles. The van der Waals surface area contributed by atoms with Crippen LogP contribution < -0.4 is 15.2 Å². The van der Waals surface area contributed by atoms with Gasteiger partial charge in [0.1, 0.15) is 12.4 Å². The molecule has 1 atom stereocenters. The number of nitrogens with two attached hydrogens (primary N) is 1. The van der Waals surface area contributed by atoms with Crippen molar-refractivity contribution in [2.45, 2.75) is 38.7 Å². The third kappa shape index (κ3) is 4.97. The zero-order valence-electron chi connectivity index (χ0n) is 19.3. The number of rotatable bonds is 6. The second kappa shape index (κ2) is 10.7. The molecule has 0 radical (unpaired) electrons. The summed E-state index contributed by atoms with van der Waals surface area (Å²) in [6.45, 7) is 2.58. The fraction of sp³-hybridized carbons (Fsp3) is 0.308. The molecular formula is C26H24Cl2IN3O3. The molecule has 0 bridgehead atoms. The molecule has 0 unspecified atom stereocenters. The standard InChI is InChI=1S/C26H24Cl2IN3O3/c1-3-34-22-11-15(10-19(29)25(22)35-13-14-7-8-17(27)18(28)9-14)23-16(12-30)26(31)32(2)20-5-4-6-21(33)24(20)23/h7-11,23H,3-6,13,31H2,1-2H3/t23-/m1/s1. The van der Waals surface area contributed by atoms with Crippen molar-refractivity contribution in [3.8, 4) is 17.6 Å². The fourth-order valence-corrected chi connectivity index (χ4v) is 5.64. The number of benzene rings is 2. The van der Waals surface area contributed by atoms with Crippen LogP contribution in [0.2, 0.25) is 10.0 Å². The largest absolute Gasteiger partial charge is 0.490 e. The molecule has 2 N–H and O–H groups in total. The minimum atomic E-state index is -0.546. The van der Waals surface area contributed by atoms with Crippen molar-refractivity contribution < 1.29 is 14.3 Å². The van der Waals surface area contributed by atoms with Crippen LogP contribution in [0.4, 0.5) is 0 Å². The summed E-state index contributed by atoms with van der Waals surface area (Å²) in [5, 5.41) is 10.9. The van der Waals surface area contributed by atoms with Gasteiger partial charge >= 0.3 is 0 Å². The Hall–Kier alpha value is -2.41. The summed E-state index contributed by atoms with van der Waals surface area (Å²) in [5.74, 6) is 0.996. The van der Waals surface area contributed by atoms with Gasteiger partial charge in [0.15, 0.2) is 17.3 Å². The van der Waals surface area contributed by atoms with Crippen molar-refractivity contribution in [2.75, 3.05) is 13.7 Å². The number of hydrogen-bond acceptors (Lipinski definition) is 6. The van der Waals surface area contributed by atoms with E-state index in [2.05, 4.69) is 28.7 Å². The quantitative estimate of drug-likeness (QED) is 0.380. The zero-order valence-corrected chi connectivity index (χ0v) is 23.0. The van der Waals surface area contributed by atoms with Crippen LogP contribution in [0.25, 0.3) is 0 Å². The van der Waals surface area contributed by atoms with Gasteiger partial charge in [0, 0.05) is 24.7 Å². The second-order valence-electron chi connectivity index (χ2n) is 8.34. The Morgan fingerprint density at radius 1 is 1.20 bits per heavy atom. The molecule has 2 aromatic rings. The van der Waals surface area contributed by atoms with Crippen LogP contribution in [-0.2, 0) is 11.4 Å². The SMILES string of the molecule is CCOc1cc([C@@H]2C(C#N)=C(N)N(C)C3=C2C(=O)CCC3)cc(I)c1OCc1ccc(Cl)c(Cl)c1. The molecule has 0 aromatic heterocycles. The summed E-state index contributed by atoms with van der Waals surface area (Å²) in [4.78, 5) is 14.8. The molecule has 6 nitrogen and oxygen atoms in total. The van der Waals surface area contributed by atoms with Gasteiger partial charge in [-0.15, -0.1) is 0 Å². The number of Topliss-reactive ketones (excluding diaryl/α,β-unsaturated/α-hetero) is 1. The minimum absolute atomic E-state index is 0.0521. The first kappa shape index (κ1) is 25.7. The van der Waals surface area contributed by atoms with Crippen LogP contribution in [0.1, 0.15) is 43.2 Å². The van der Waals surface area contributed by atoms with Crippen molar-refractivity contribution >= 4 is 51.6 Å². The second-order valence-corrected chi connectivity index (χ2v) is 10.3. The molecule has 0 saturated carbocycles. The molecule has 0 spiro atoms. The molecule has 1 heterocycles. The van der Waals surface area contributed by atoms with Crippen LogP contribution in [0, 0.1) is 14.9 Å². The smallest absolute Gasteiger partial charge is 0.174 e. The highest BCUT2D eigenvalue weighted by Crippen LogP contribution is 2.47. The number of carbonyl (C=O) groups is 1. The maximum atomic E-state index is 13.1. The number of nitriles is 1. The van der Waals surface area contributed by atoms with Crippen LogP contribution in [0.5, 0.6) is 11.5 Å². The van der Waals surface area contributed by atoms with E-state index in [1.165, 1.54) is 0 Å². The van der Waals surface area contributed by atoms with Gasteiger partial charge < -0.3 is 20.1 Å². The normalized spacial score (nSPS) is 17.9. The lowest BCUT2D eigenvalue weighted by Gasteiger charge is -2.37. The molecule has 35 heavy (non-hydrogen) atoms. The molecule has 1 aliphatic carbocycles. The number of allylic oxidation sites excluding steroid dienone is 3. The summed E-state index contributed by atoms with van der Waals surface area (Å²) in [7, 11) is 1.81. The van der Waals surface area contributed by atoms with Gasteiger partial charge in [-0.25, -0.2) is 0 Å². The van der Waals surface area contributed by atoms with Gasteiger partial charge in [-0.3, -0.25) is 4.79 Å². The van der Waals surface area contributed by atoms with Gasteiger partial charge in [0.25, 0.3) is 0 Å². The van der Waals surface area contributed by atoms with E-state index in [1.807, 2.05) is 32.2 Å². The van der Waals surface area contributed by atoms with Crippen LogP contribution in [0.15, 0.2) is 53.0 Å². The topological polar surface area (TPSA) is 88.6 Å². The van der Waals surface area contributed by atoms with E-state index in [-0.39, 0.29) is 12.4 Å². The first-order chi connectivity index (χ1) is 16.8. The molecular weight excluding hydrogens is 600 g/mol. The van der Waals surface area contributed by atoms with E-state index in [0.29, 0.717) is 51.5 Å². The van der Waals surface area contributed by atoms with E-state index >= 15 is 0 Å². The van der Waals surface area contributed by atoms with Crippen molar-refractivity contribution in [1.29, 1.82) is 5.26 Å². The average molecular weight is 624 g/mol. The van der Waals surface area contributed by atoms with Crippen molar-refractivity contribution in [1.82, 2.24) is 4.90 Å². The zero-order chi connectivity index (χ0) is 25.3. The van der Waals surface area contributed by atoms with E-state index in [9.17, 15) is 10.1 Å². The highest BCUT2D eigenvalue weighted by atomic mass is 127. The van der Waals surface area contributed by atoms with Crippen LogP contribution >= 0.6 is 45.8 Å². The number of nitrogens with zero attached hydrogens (tertiary/aromatic N) is 2. The van der Waals surface area contributed by atoms with Gasteiger partial charge in [0.05, 0.1) is 37.8 Å². The number of carbonyl (C=O) groups excluding carboxylic acids is 1. The van der Waals surface area contributed by atoms with Crippen molar-refractivity contribution in [2.24, 2.45) is 5.73 Å². The maximum absolute atomic E-state index is 13.1. The molecule has 9 heteroatoms. The Labute approximate surface area is 228 Å². The number of hydrogen-bond donors (Lipinski definition) is 1. The van der Waals surface area contributed by atoms with E-state index < -0.39 is 5.92 Å². The monoisotopic (exact) mass is 623 g/mol. The highest BCUT2D eigenvalue weighted by molar-refractivity contribution is 14.1. The lowest BCUT2D eigenvalue weighted by atomic mass is 9.76. The third-order valence-corrected chi connectivity index (χ3v) is 7.74. The molecule has 2 aliphatic rings. The predicted molar refractivity (Wildman–Crippen MR) is 144 cm³/mol. The van der Waals surface area contributed by atoms with E-state index in [1.54, 1.807) is 17.0 Å². The minimum Gasteiger partial charge on any atom is -0.490 e. The van der Waals surface area contributed by atoms with E-state index in [0.717, 1.165) is 33.2 Å². The Kier molecular flexibility index (Phi) is 7.84. The average Bonchev–Trinajstić information content (AvgIpc) is 2.83. The fourth-order valence-electron chi connectivity index (χ4n) is 4.54. The molecule has 4 rings (SSSR count). The van der Waals surface area contributed by atoms with Crippen LogP contribution in [-0.4, -0.2) is 24.3 Å². The Bertz CT molecular complexity index is 1300. The molecule has 1 aliphatic heterocycles. The molecule has 0 amide bonds. The van der Waals surface area contributed by atoms with Gasteiger partial charge in [-0.2, -0.15) is 5.26 Å². The Balaban J connectivity index is 1.77. The summed E-state index contributed by atoms with van der Waals surface area (Å²) in [6, 6.07) is 11.4. The van der Waals surface area contributed by atoms with Gasteiger partial charge in [-0.1, -0.05) is 29.3 Å². The number of halogens is 3. The predicted octanol–water partition coefficient (Wildman–Crippen LogP) is 6.31. The lowest BCUT2D eigenvalue weighted by molar-refractivity contribution is -0.116. The van der Waals surface area contributed by atoms with Crippen LogP contribution in [0.3, 0.4) is 0 Å². The molecule has 182 valence electrons. The Morgan fingerprint density at radius 3 is 2.66 bits per heavy atom. The van der Waals surface area contributed by atoms with E-state index in [4.69, 9.17) is 38.4 Å². The summed E-state index contributed by atoms with van der Waals surface area (Å²) in [5.41, 5.74) is 9.90. The summed E-state index contributed by atoms with van der Waals surface area (Å²) in [6.07, 6.45) is 1.98. The first-order valence-electron chi connectivity index (χ1n) is 11.2. The molecule has 0 fully saturated rings. The van der Waals surface area contributed by atoms with Crippen molar-refractivity contribution in [3.05, 3.63) is 77.7 Å². The first-order valence-corrected chi connectivity index (χ1v) is 13.0. The molecule has 2 aromatic carbocycles.